The molecular weight excluding hydrogens is 400 g/mol. The number of hydrogen-bond acceptors (Lipinski definition) is 5. The molecule has 0 spiro atoms. The number of aromatic nitrogens is 2. The van der Waals surface area contributed by atoms with Crippen molar-refractivity contribution < 1.29 is 14.4 Å². The van der Waals surface area contributed by atoms with Gasteiger partial charge in [-0.05, 0) is 61.3 Å². The Morgan fingerprint density at radius 2 is 2.04 bits per heavy atom. The van der Waals surface area contributed by atoms with Gasteiger partial charge in [-0.1, -0.05) is 12.1 Å². The molecule has 142 valence electrons. The summed E-state index contributed by atoms with van der Waals surface area (Å²) in [4.78, 5) is 17.4. The summed E-state index contributed by atoms with van der Waals surface area (Å²) in [6.07, 6.45) is 3.07. The summed E-state index contributed by atoms with van der Waals surface area (Å²) in [5.41, 5.74) is 3.14. The zero-order chi connectivity index (χ0) is 19.4. The first kappa shape index (κ1) is 20.3. The molecule has 2 rings (SSSR count). The molecule has 0 fully saturated rings. The number of nitrogens with one attached hydrogen (secondary N) is 2. The van der Waals surface area contributed by atoms with Gasteiger partial charge >= 0.3 is 6.09 Å². The van der Waals surface area contributed by atoms with Crippen LogP contribution in [0.4, 0.5) is 10.5 Å². The van der Waals surface area contributed by atoms with E-state index in [1.54, 1.807) is 18.0 Å². The molecular formula is C18H25BrN4O3. The number of hydrogen-bond donors (Lipinski definition) is 2. The van der Waals surface area contributed by atoms with Crippen LogP contribution in [-0.4, -0.2) is 28.6 Å². The van der Waals surface area contributed by atoms with Crippen LogP contribution in [0.15, 0.2) is 41.1 Å². The zero-order valence-corrected chi connectivity index (χ0v) is 17.3. The van der Waals surface area contributed by atoms with Crippen molar-refractivity contribution in [2.45, 2.75) is 45.4 Å². The Labute approximate surface area is 162 Å². The van der Waals surface area contributed by atoms with Crippen LogP contribution in [-0.2, 0) is 21.7 Å². The number of alkyl carbamates (subject to hydrolysis) is 1. The normalized spacial score (nSPS) is 13.8. The molecule has 1 aromatic heterocycles. The topological polar surface area (TPSA) is 77.4 Å². The molecule has 0 aliphatic rings. The molecule has 8 heteroatoms. The minimum atomic E-state index is -0.751. The molecule has 2 N–H and O–H groups in total. The number of ether oxygens (including phenoxy) is 1. The zero-order valence-electron chi connectivity index (χ0n) is 15.7. The Balaban J connectivity index is 2.34. The minimum absolute atomic E-state index is 0.425. The van der Waals surface area contributed by atoms with Gasteiger partial charge in [-0.15, -0.1) is 0 Å². The highest BCUT2D eigenvalue weighted by Gasteiger charge is 2.32. The Morgan fingerprint density at radius 1 is 1.31 bits per heavy atom. The molecule has 0 saturated carbocycles. The van der Waals surface area contributed by atoms with Gasteiger partial charge in [0.25, 0.3) is 0 Å². The summed E-state index contributed by atoms with van der Waals surface area (Å²) < 4.78 is 8.08. The summed E-state index contributed by atoms with van der Waals surface area (Å²) in [5.74, 6) is 0. The van der Waals surface area contributed by atoms with Crippen molar-refractivity contribution in [2.75, 3.05) is 12.6 Å². The van der Waals surface area contributed by atoms with E-state index in [4.69, 9.17) is 9.57 Å². The molecule has 0 bridgehead atoms. The molecule has 1 aromatic carbocycles. The van der Waals surface area contributed by atoms with Crippen LogP contribution in [0.3, 0.4) is 0 Å². The van der Waals surface area contributed by atoms with Crippen LogP contribution in [0.5, 0.6) is 0 Å². The highest BCUT2D eigenvalue weighted by Crippen LogP contribution is 2.27. The number of amides is 1. The molecule has 1 unspecified atom stereocenters. The fourth-order valence-corrected chi connectivity index (χ4v) is 2.85. The van der Waals surface area contributed by atoms with Crippen molar-refractivity contribution in [3.8, 4) is 0 Å². The van der Waals surface area contributed by atoms with Crippen molar-refractivity contribution in [3.63, 3.8) is 0 Å². The third-order valence-corrected chi connectivity index (χ3v) is 3.99. The van der Waals surface area contributed by atoms with Crippen molar-refractivity contribution in [1.82, 2.24) is 15.1 Å². The van der Waals surface area contributed by atoms with E-state index in [1.807, 2.05) is 58.2 Å². The molecule has 1 heterocycles. The number of carbonyl (C=O) groups is 1. The van der Waals surface area contributed by atoms with E-state index in [1.165, 1.54) is 0 Å². The summed E-state index contributed by atoms with van der Waals surface area (Å²) in [6.45, 7) is 7.85. The lowest BCUT2D eigenvalue weighted by Gasteiger charge is -2.33. The van der Waals surface area contributed by atoms with Crippen LogP contribution in [0.1, 0.15) is 33.3 Å². The Bertz CT molecular complexity index is 757. The second kappa shape index (κ2) is 8.09. The van der Waals surface area contributed by atoms with E-state index in [9.17, 15) is 4.79 Å². The van der Waals surface area contributed by atoms with Crippen LogP contribution >= 0.6 is 15.9 Å². The molecule has 0 saturated heterocycles. The number of carbonyl (C=O) groups excluding carboxylic acids is 1. The smallest absolute Gasteiger partial charge is 0.408 e. The summed E-state index contributed by atoms with van der Waals surface area (Å²) in [7, 11) is 1.55. The van der Waals surface area contributed by atoms with E-state index in [-0.39, 0.29) is 0 Å². The van der Waals surface area contributed by atoms with E-state index < -0.39 is 17.2 Å². The number of rotatable bonds is 6. The summed E-state index contributed by atoms with van der Waals surface area (Å²) in [5, 5.41) is 7.29. The van der Waals surface area contributed by atoms with Gasteiger partial charge in [-0.3, -0.25) is 15.0 Å². The van der Waals surface area contributed by atoms with Crippen molar-refractivity contribution in [1.29, 1.82) is 0 Å². The van der Waals surface area contributed by atoms with Crippen LogP contribution in [0.25, 0.3) is 0 Å². The maximum Gasteiger partial charge on any atom is 0.408 e. The molecule has 0 radical (unpaired) electrons. The number of halogens is 1. The number of anilines is 1. The van der Waals surface area contributed by atoms with Crippen LogP contribution in [0, 0.1) is 0 Å². The second-order valence-corrected chi connectivity index (χ2v) is 8.12. The first-order valence-corrected chi connectivity index (χ1v) is 8.99. The lowest BCUT2D eigenvalue weighted by atomic mass is 9.91. The third kappa shape index (κ3) is 5.74. The van der Waals surface area contributed by atoms with Gasteiger partial charge in [-0.25, -0.2) is 4.79 Å². The molecule has 1 atom stereocenters. The van der Waals surface area contributed by atoms with Gasteiger partial charge in [0.1, 0.15) is 5.60 Å². The molecule has 1 amide bonds. The fourth-order valence-electron chi connectivity index (χ4n) is 2.52. The standard InChI is InChI=1S/C18H25BrN4O3/c1-17(2,3)26-16(24)21-18(4,12-23-11-14(19)10-20-23)13-7-6-8-15(9-13)22-25-5/h6-11,22H,12H2,1-5H3,(H,21,24). The molecule has 0 aliphatic heterocycles. The quantitative estimate of drug-likeness (QED) is 0.683. The first-order chi connectivity index (χ1) is 12.1. The summed E-state index contributed by atoms with van der Waals surface area (Å²) in [6, 6.07) is 7.63. The maximum atomic E-state index is 12.4. The largest absolute Gasteiger partial charge is 0.444 e. The summed E-state index contributed by atoms with van der Waals surface area (Å²) >= 11 is 3.40. The molecule has 26 heavy (non-hydrogen) atoms. The minimum Gasteiger partial charge on any atom is -0.444 e. The van der Waals surface area contributed by atoms with E-state index >= 15 is 0 Å². The SMILES string of the molecule is CONc1cccc(C(C)(Cn2cc(Br)cn2)NC(=O)OC(C)(C)C)c1. The third-order valence-electron chi connectivity index (χ3n) is 3.58. The monoisotopic (exact) mass is 424 g/mol. The van der Waals surface area contributed by atoms with Gasteiger partial charge in [0.15, 0.2) is 0 Å². The molecule has 7 nitrogen and oxygen atoms in total. The van der Waals surface area contributed by atoms with Crippen LogP contribution in [0.2, 0.25) is 0 Å². The predicted octanol–water partition coefficient (Wildman–Crippen LogP) is 4.06. The average molecular weight is 425 g/mol. The maximum absolute atomic E-state index is 12.4. The van der Waals surface area contributed by atoms with E-state index in [2.05, 4.69) is 31.8 Å². The highest BCUT2D eigenvalue weighted by atomic mass is 79.9. The van der Waals surface area contributed by atoms with E-state index in [0.717, 1.165) is 15.7 Å². The van der Waals surface area contributed by atoms with Gasteiger partial charge in [0.05, 0.1) is 35.6 Å². The molecule has 0 aliphatic carbocycles. The predicted molar refractivity (Wildman–Crippen MR) is 104 cm³/mol. The fraction of sp³-hybridized carbons (Fsp3) is 0.444. The molecule has 2 aromatic rings. The van der Waals surface area contributed by atoms with E-state index in [0.29, 0.717) is 6.54 Å². The average Bonchev–Trinajstić information content (AvgIpc) is 2.90. The van der Waals surface area contributed by atoms with Gasteiger partial charge in [0.2, 0.25) is 0 Å². The van der Waals surface area contributed by atoms with Crippen LogP contribution < -0.4 is 10.8 Å². The van der Waals surface area contributed by atoms with Crippen molar-refractivity contribution >= 4 is 27.7 Å². The number of benzene rings is 1. The van der Waals surface area contributed by atoms with Crippen molar-refractivity contribution in [3.05, 3.63) is 46.7 Å². The van der Waals surface area contributed by atoms with Gasteiger partial charge in [0, 0.05) is 6.20 Å². The Hall–Kier alpha value is -2.06. The van der Waals surface area contributed by atoms with Gasteiger partial charge < -0.3 is 10.1 Å². The Kier molecular flexibility index (Phi) is 6.30. The number of nitrogens with zero attached hydrogens (tertiary/aromatic N) is 2. The first-order valence-electron chi connectivity index (χ1n) is 8.20. The lowest BCUT2D eigenvalue weighted by molar-refractivity contribution is 0.0448. The lowest BCUT2D eigenvalue weighted by Crippen LogP contribution is -2.48. The van der Waals surface area contributed by atoms with Crippen molar-refractivity contribution in [2.24, 2.45) is 0 Å². The highest BCUT2D eigenvalue weighted by molar-refractivity contribution is 9.10. The second-order valence-electron chi connectivity index (χ2n) is 7.20. The Morgan fingerprint density at radius 3 is 2.62 bits per heavy atom. The van der Waals surface area contributed by atoms with Gasteiger partial charge in [-0.2, -0.15) is 5.10 Å².